The Labute approximate surface area is 65.2 Å². The summed E-state index contributed by atoms with van der Waals surface area (Å²) < 4.78 is 0. The van der Waals surface area contributed by atoms with E-state index in [0.29, 0.717) is 12.2 Å². The lowest BCUT2D eigenvalue weighted by Gasteiger charge is -1.96. The van der Waals surface area contributed by atoms with Gasteiger partial charge in [0.25, 0.3) is 0 Å². The van der Waals surface area contributed by atoms with E-state index in [1.54, 1.807) is 12.1 Å². The molecule has 1 aromatic carbocycles. The Kier molecular flexibility index (Phi) is 2.74. The highest BCUT2D eigenvalue weighted by Gasteiger charge is 1.91. The van der Waals surface area contributed by atoms with Gasteiger partial charge in [-0.25, -0.2) is 0 Å². The number of nitroso groups, excluding NO2 is 1. The first-order chi connectivity index (χ1) is 5.36. The van der Waals surface area contributed by atoms with Crippen LogP contribution in [0.1, 0.15) is 5.56 Å². The first kappa shape index (κ1) is 7.88. The smallest absolute Gasteiger partial charge is 0.108 e. The molecule has 1 rings (SSSR count). The van der Waals surface area contributed by atoms with Crippen molar-refractivity contribution >= 4 is 5.69 Å². The van der Waals surface area contributed by atoms with Gasteiger partial charge in [-0.05, 0) is 35.8 Å². The summed E-state index contributed by atoms with van der Waals surface area (Å²) in [6, 6.07) is 7.11. The van der Waals surface area contributed by atoms with E-state index in [4.69, 9.17) is 5.73 Å². The van der Waals surface area contributed by atoms with Gasteiger partial charge in [-0.2, -0.15) is 0 Å². The molecule has 11 heavy (non-hydrogen) atoms. The van der Waals surface area contributed by atoms with Crippen molar-refractivity contribution in [1.82, 2.24) is 0 Å². The molecule has 0 aliphatic carbocycles. The van der Waals surface area contributed by atoms with Gasteiger partial charge in [0.05, 0.1) is 0 Å². The zero-order chi connectivity index (χ0) is 8.10. The normalized spacial score (nSPS) is 9.55. The number of hydrogen-bond acceptors (Lipinski definition) is 3. The van der Waals surface area contributed by atoms with Gasteiger partial charge in [-0.3, -0.25) is 0 Å². The fourth-order valence-electron chi connectivity index (χ4n) is 0.890. The van der Waals surface area contributed by atoms with Crippen molar-refractivity contribution in [3.8, 4) is 0 Å². The van der Waals surface area contributed by atoms with Gasteiger partial charge in [-0.1, -0.05) is 12.1 Å². The molecule has 0 bridgehead atoms. The van der Waals surface area contributed by atoms with E-state index in [2.05, 4.69) is 5.18 Å². The highest BCUT2D eigenvalue weighted by molar-refractivity contribution is 5.38. The second-order valence-corrected chi connectivity index (χ2v) is 2.30. The quantitative estimate of drug-likeness (QED) is 0.665. The summed E-state index contributed by atoms with van der Waals surface area (Å²) in [7, 11) is 0. The van der Waals surface area contributed by atoms with Crippen molar-refractivity contribution in [2.24, 2.45) is 10.9 Å². The van der Waals surface area contributed by atoms with Crippen LogP contribution in [0, 0.1) is 4.91 Å². The van der Waals surface area contributed by atoms with Gasteiger partial charge in [0, 0.05) is 0 Å². The monoisotopic (exact) mass is 150 g/mol. The Hall–Kier alpha value is -1.22. The Balaban J connectivity index is 2.74. The van der Waals surface area contributed by atoms with Crippen molar-refractivity contribution in [2.75, 3.05) is 6.54 Å². The molecule has 0 fully saturated rings. The number of rotatable bonds is 3. The van der Waals surface area contributed by atoms with Gasteiger partial charge < -0.3 is 5.73 Å². The summed E-state index contributed by atoms with van der Waals surface area (Å²) in [4.78, 5) is 10.0. The lowest BCUT2D eigenvalue weighted by Crippen LogP contribution is -2.01. The van der Waals surface area contributed by atoms with E-state index in [1.807, 2.05) is 12.1 Å². The second kappa shape index (κ2) is 3.83. The van der Waals surface area contributed by atoms with Gasteiger partial charge in [0.1, 0.15) is 5.69 Å². The molecule has 3 nitrogen and oxygen atoms in total. The molecule has 0 amide bonds. The molecule has 0 spiro atoms. The van der Waals surface area contributed by atoms with Crippen LogP contribution in [0.15, 0.2) is 29.4 Å². The summed E-state index contributed by atoms with van der Waals surface area (Å²) in [6.45, 7) is 0.633. The van der Waals surface area contributed by atoms with E-state index in [-0.39, 0.29) is 0 Å². The molecule has 1 aromatic rings. The van der Waals surface area contributed by atoms with Gasteiger partial charge in [-0.15, -0.1) is 4.91 Å². The van der Waals surface area contributed by atoms with Crippen molar-refractivity contribution in [2.45, 2.75) is 6.42 Å². The van der Waals surface area contributed by atoms with Crippen LogP contribution in [0.25, 0.3) is 0 Å². The summed E-state index contributed by atoms with van der Waals surface area (Å²) in [5.74, 6) is 0. The maximum absolute atomic E-state index is 10.0. The average molecular weight is 150 g/mol. The van der Waals surface area contributed by atoms with Crippen LogP contribution in [0.5, 0.6) is 0 Å². The number of hydrogen-bond donors (Lipinski definition) is 1. The van der Waals surface area contributed by atoms with Crippen molar-refractivity contribution in [1.29, 1.82) is 0 Å². The molecular weight excluding hydrogens is 140 g/mol. The highest BCUT2D eigenvalue weighted by atomic mass is 16.3. The number of nitrogens with zero attached hydrogens (tertiary/aromatic N) is 1. The van der Waals surface area contributed by atoms with E-state index in [9.17, 15) is 4.91 Å². The zero-order valence-electron chi connectivity index (χ0n) is 6.16. The Morgan fingerprint density at radius 3 is 2.36 bits per heavy atom. The minimum Gasteiger partial charge on any atom is -0.330 e. The molecule has 0 heterocycles. The minimum absolute atomic E-state index is 0.464. The largest absolute Gasteiger partial charge is 0.330 e. The molecule has 0 aromatic heterocycles. The Bertz CT molecular complexity index is 230. The van der Waals surface area contributed by atoms with Gasteiger partial charge >= 0.3 is 0 Å². The van der Waals surface area contributed by atoms with E-state index >= 15 is 0 Å². The predicted molar refractivity (Wildman–Crippen MR) is 44.7 cm³/mol. The molecule has 0 radical (unpaired) electrons. The van der Waals surface area contributed by atoms with Gasteiger partial charge in [0.15, 0.2) is 0 Å². The first-order valence-corrected chi connectivity index (χ1v) is 3.49. The van der Waals surface area contributed by atoms with Crippen LogP contribution in [0.4, 0.5) is 5.69 Å². The van der Waals surface area contributed by atoms with Crippen LogP contribution in [-0.4, -0.2) is 6.54 Å². The molecule has 58 valence electrons. The number of benzene rings is 1. The Morgan fingerprint density at radius 2 is 1.91 bits per heavy atom. The van der Waals surface area contributed by atoms with Crippen LogP contribution >= 0.6 is 0 Å². The van der Waals surface area contributed by atoms with Crippen molar-refractivity contribution in [3.05, 3.63) is 34.7 Å². The SMILES string of the molecule is NCCc1ccc(N=O)cc1. The Morgan fingerprint density at radius 1 is 1.27 bits per heavy atom. The van der Waals surface area contributed by atoms with E-state index in [0.717, 1.165) is 12.0 Å². The van der Waals surface area contributed by atoms with Crippen LogP contribution in [-0.2, 0) is 6.42 Å². The topological polar surface area (TPSA) is 55.4 Å². The van der Waals surface area contributed by atoms with E-state index in [1.165, 1.54) is 0 Å². The van der Waals surface area contributed by atoms with E-state index < -0.39 is 0 Å². The highest BCUT2D eigenvalue weighted by Crippen LogP contribution is 2.11. The van der Waals surface area contributed by atoms with Crippen molar-refractivity contribution in [3.63, 3.8) is 0 Å². The van der Waals surface area contributed by atoms with Gasteiger partial charge in [0.2, 0.25) is 0 Å². The molecule has 0 unspecified atom stereocenters. The fourth-order valence-corrected chi connectivity index (χ4v) is 0.890. The second-order valence-electron chi connectivity index (χ2n) is 2.30. The predicted octanol–water partition coefficient (Wildman–Crippen LogP) is 1.59. The molecular formula is C8H10N2O. The maximum Gasteiger partial charge on any atom is 0.108 e. The summed E-state index contributed by atoms with van der Waals surface area (Å²) >= 11 is 0. The third-order valence-corrected chi connectivity index (χ3v) is 1.47. The van der Waals surface area contributed by atoms with Crippen molar-refractivity contribution < 1.29 is 0 Å². The molecule has 0 saturated heterocycles. The molecule has 0 aliphatic rings. The molecule has 3 heteroatoms. The summed E-state index contributed by atoms with van der Waals surface area (Å²) in [6.07, 6.45) is 0.846. The van der Waals surface area contributed by atoms with Crippen LogP contribution in [0.3, 0.4) is 0 Å². The maximum atomic E-state index is 10.0. The molecule has 0 atom stereocenters. The fraction of sp³-hybridized carbons (Fsp3) is 0.250. The molecule has 0 saturated carbocycles. The lowest BCUT2D eigenvalue weighted by molar-refractivity contribution is 0.969. The molecule has 0 aliphatic heterocycles. The zero-order valence-corrected chi connectivity index (χ0v) is 6.16. The third kappa shape index (κ3) is 2.13. The standard InChI is InChI=1S/C8H10N2O/c9-6-5-7-1-3-8(10-11)4-2-7/h1-4H,5-6,9H2. The molecule has 2 N–H and O–H groups in total. The van der Waals surface area contributed by atoms with Crippen LogP contribution < -0.4 is 5.73 Å². The van der Waals surface area contributed by atoms with Crippen LogP contribution in [0.2, 0.25) is 0 Å². The summed E-state index contributed by atoms with van der Waals surface area (Å²) in [5.41, 5.74) is 6.95. The lowest BCUT2D eigenvalue weighted by atomic mass is 10.1. The average Bonchev–Trinajstić information content (AvgIpc) is 2.07. The summed E-state index contributed by atoms with van der Waals surface area (Å²) in [5, 5.41) is 2.79. The minimum atomic E-state index is 0.464. The first-order valence-electron chi connectivity index (χ1n) is 3.49. The number of nitrogens with two attached hydrogens (primary N) is 1. The third-order valence-electron chi connectivity index (χ3n) is 1.47.